The number of amides is 1. The quantitative estimate of drug-likeness (QED) is 0.298. The van der Waals surface area contributed by atoms with Crippen LogP contribution in [0.25, 0.3) is 0 Å². The summed E-state index contributed by atoms with van der Waals surface area (Å²) in [6, 6.07) is 0. The number of piperidine rings is 1. The van der Waals surface area contributed by atoms with Crippen molar-refractivity contribution in [2.24, 2.45) is 28.2 Å². The fourth-order valence-electron chi connectivity index (χ4n) is 4.23. The highest BCUT2D eigenvalue weighted by molar-refractivity contribution is 7.94. The van der Waals surface area contributed by atoms with Gasteiger partial charge in [0.05, 0.1) is 18.1 Å². The van der Waals surface area contributed by atoms with Gasteiger partial charge in [-0.3, -0.25) is 0 Å². The van der Waals surface area contributed by atoms with Gasteiger partial charge in [-0.05, 0) is 62.4 Å². The Bertz CT molecular complexity index is 836. The van der Waals surface area contributed by atoms with E-state index in [4.69, 9.17) is 9.47 Å². The molecule has 1 amide bonds. The van der Waals surface area contributed by atoms with Crippen LogP contribution in [0.3, 0.4) is 0 Å². The molecule has 8 heteroatoms. The van der Waals surface area contributed by atoms with E-state index in [1.807, 2.05) is 4.90 Å². The molecule has 2 saturated carbocycles. The van der Waals surface area contributed by atoms with Crippen LogP contribution >= 0.6 is 0 Å². The van der Waals surface area contributed by atoms with E-state index in [1.54, 1.807) is 6.92 Å². The molecule has 2 aliphatic carbocycles. The number of ether oxygens (including phenoxy) is 2. The summed E-state index contributed by atoms with van der Waals surface area (Å²) in [5.41, 5.74) is 0.234. The van der Waals surface area contributed by atoms with Crippen molar-refractivity contribution in [1.82, 2.24) is 4.90 Å². The van der Waals surface area contributed by atoms with Crippen LogP contribution in [0.2, 0.25) is 0 Å². The average Bonchev–Trinajstić information content (AvgIpc) is 3.64. The maximum absolute atomic E-state index is 12.2. The van der Waals surface area contributed by atoms with E-state index >= 15 is 0 Å². The number of hydrogen-bond donors (Lipinski definition) is 0. The van der Waals surface area contributed by atoms with Crippen molar-refractivity contribution in [2.75, 3.05) is 32.6 Å². The predicted molar refractivity (Wildman–Crippen MR) is 121 cm³/mol. The Balaban J connectivity index is 1.32. The molecule has 0 bridgehead atoms. The first-order chi connectivity index (χ1) is 14.6. The Morgan fingerprint density at radius 1 is 1.26 bits per heavy atom. The number of carbonyl (C=O) groups excluding carboxylic acids is 1. The molecular weight excluding hydrogens is 416 g/mol. The molecule has 0 aromatic rings. The average molecular weight is 453 g/mol. The lowest BCUT2D eigenvalue weighted by Crippen LogP contribution is -2.40. The first-order valence-corrected chi connectivity index (χ1v) is 13.1. The van der Waals surface area contributed by atoms with Crippen molar-refractivity contribution in [1.29, 1.82) is 0 Å². The number of carbonyl (C=O) groups is 1. The summed E-state index contributed by atoms with van der Waals surface area (Å²) in [5.74, 6) is 2.52. The van der Waals surface area contributed by atoms with Gasteiger partial charge < -0.3 is 14.4 Å². The van der Waals surface area contributed by atoms with Gasteiger partial charge in [-0.25, -0.2) is 18.2 Å². The standard InChI is InChI=1S/C23H36N2O5S/c1-5-20(31(4,27)28)15-24-17(2)29-13-8-19-14-21(19)18-6-11-25(12-7-18)22(26)30-16-23(3)9-10-23/h5,15,18-19,21H,1,6-14,16H2,2-4H3. The zero-order valence-electron chi connectivity index (χ0n) is 19.0. The largest absolute Gasteiger partial charge is 0.481 e. The third-order valence-corrected chi connectivity index (χ3v) is 7.96. The van der Waals surface area contributed by atoms with Crippen LogP contribution in [0.5, 0.6) is 0 Å². The number of sulfone groups is 1. The van der Waals surface area contributed by atoms with Crippen LogP contribution in [-0.4, -0.2) is 57.9 Å². The van der Waals surface area contributed by atoms with Crippen molar-refractivity contribution < 1.29 is 22.7 Å². The molecule has 0 aromatic heterocycles. The van der Waals surface area contributed by atoms with Gasteiger partial charge in [0, 0.05) is 37.9 Å². The molecule has 3 rings (SSSR count). The smallest absolute Gasteiger partial charge is 0.409 e. The number of rotatable bonds is 9. The van der Waals surface area contributed by atoms with Crippen LogP contribution in [-0.2, 0) is 19.3 Å². The van der Waals surface area contributed by atoms with Crippen molar-refractivity contribution in [3.8, 4) is 0 Å². The first kappa shape index (κ1) is 23.8. The van der Waals surface area contributed by atoms with Gasteiger partial charge in [0.1, 0.15) is 0 Å². The van der Waals surface area contributed by atoms with Gasteiger partial charge >= 0.3 is 6.09 Å². The molecule has 1 heterocycles. The Morgan fingerprint density at radius 2 is 1.94 bits per heavy atom. The molecule has 2 unspecified atom stereocenters. The zero-order chi connectivity index (χ0) is 22.6. The highest BCUT2D eigenvalue weighted by Gasteiger charge is 2.44. The second-order valence-corrected chi connectivity index (χ2v) is 11.7. The van der Waals surface area contributed by atoms with Crippen LogP contribution in [0, 0.1) is 23.2 Å². The minimum atomic E-state index is -3.32. The van der Waals surface area contributed by atoms with Crippen molar-refractivity contribution in [3.05, 3.63) is 23.8 Å². The predicted octanol–water partition coefficient (Wildman–Crippen LogP) is 4.17. The highest BCUT2D eigenvalue weighted by atomic mass is 32.2. The Labute approximate surface area is 186 Å². The summed E-state index contributed by atoms with van der Waals surface area (Å²) in [6.07, 6.45) is 10.2. The SMILES string of the molecule is C=CC(=CN=C(C)OCCC1CC1C1CCN(C(=O)OCC2(C)CC2)CC1)S(C)(=O)=O. The van der Waals surface area contributed by atoms with E-state index in [1.165, 1.54) is 18.7 Å². The molecule has 0 radical (unpaired) electrons. The third kappa shape index (κ3) is 7.09. The van der Waals surface area contributed by atoms with Crippen molar-refractivity contribution >= 4 is 21.8 Å². The van der Waals surface area contributed by atoms with Crippen LogP contribution in [0.1, 0.15) is 52.4 Å². The number of likely N-dealkylation sites (tertiary alicyclic amines) is 1. The molecule has 0 spiro atoms. The van der Waals surface area contributed by atoms with Gasteiger partial charge in [0.25, 0.3) is 0 Å². The summed E-state index contributed by atoms with van der Waals surface area (Å²) in [6.45, 7) is 10.1. The van der Waals surface area contributed by atoms with E-state index in [2.05, 4.69) is 18.5 Å². The molecule has 3 aliphatic rings. The minimum Gasteiger partial charge on any atom is -0.481 e. The number of nitrogens with zero attached hydrogens (tertiary/aromatic N) is 2. The summed E-state index contributed by atoms with van der Waals surface area (Å²) in [5, 5.41) is 0. The molecule has 3 fully saturated rings. The summed E-state index contributed by atoms with van der Waals surface area (Å²) in [7, 11) is -3.32. The molecule has 31 heavy (non-hydrogen) atoms. The molecule has 1 aliphatic heterocycles. The third-order valence-electron chi connectivity index (χ3n) is 6.83. The van der Waals surface area contributed by atoms with Crippen LogP contribution in [0.15, 0.2) is 28.8 Å². The summed E-state index contributed by atoms with van der Waals surface area (Å²) in [4.78, 5) is 18.3. The summed E-state index contributed by atoms with van der Waals surface area (Å²) >= 11 is 0. The van der Waals surface area contributed by atoms with Gasteiger partial charge in [0.2, 0.25) is 0 Å². The second-order valence-electron chi connectivity index (χ2n) is 9.64. The lowest BCUT2D eigenvalue weighted by atomic mass is 9.91. The fourth-order valence-corrected chi connectivity index (χ4v) is 4.77. The fraction of sp³-hybridized carbons (Fsp3) is 0.739. The zero-order valence-corrected chi connectivity index (χ0v) is 19.8. The van der Waals surface area contributed by atoms with E-state index < -0.39 is 9.84 Å². The molecule has 7 nitrogen and oxygen atoms in total. The van der Waals surface area contributed by atoms with E-state index in [0.717, 1.165) is 57.4 Å². The Kier molecular flexibility index (Phi) is 7.50. The topological polar surface area (TPSA) is 85.3 Å². The molecule has 2 atom stereocenters. The molecule has 0 aromatic carbocycles. The Morgan fingerprint density at radius 3 is 2.52 bits per heavy atom. The number of allylic oxidation sites excluding steroid dienone is 1. The van der Waals surface area contributed by atoms with Gasteiger partial charge in [0.15, 0.2) is 15.7 Å². The molecule has 1 saturated heterocycles. The van der Waals surface area contributed by atoms with E-state index in [9.17, 15) is 13.2 Å². The van der Waals surface area contributed by atoms with Gasteiger partial charge in [-0.2, -0.15) is 0 Å². The second kappa shape index (κ2) is 9.76. The molecule has 174 valence electrons. The minimum absolute atomic E-state index is 0.0784. The first-order valence-electron chi connectivity index (χ1n) is 11.2. The van der Waals surface area contributed by atoms with Crippen LogP contribution < -0.4 is 0 Å². The number of aliphatic imine (C=N–C) groups is 1. The lowest BCUT2D eigenvalue weighted by molar-refractivity contribution is 0.0713. The van der Waals surface area contributed by atoms with Gasteiger partial charge in [-0.1, -0.05) is 13.5 Å². The maximum atomic E-state index is 12.2. The summed E-state index contributed by atoms with van der Waals surface area (Å²) < 4.78 is 34.2. The molecule has 0 N–H and O–H groups in total. The van der Waals surface area contributed by atoms with E-state index in [0.29, 0.717) is 30.9 Å². The van der Waals surface area contributed by atoms with Gasteiger partial charge in [-0.15, -0.1) is 0 Å². The van der Waals surface area contributed by atoms with Crippen LogP contribution in [0.4, 0.5) is 4.79 Å². The monoisotopic (exact) mass is 452 g/mol. The van der Waals surface area contributed by atoms with Crippen molar-refractivity contribution in [2.45, 2.75) is 52.4 Å². The van der Waals surface area contributed by atoms with E-state index in [-0.39, 0.29) is 16.4 Å². The lowest BCUT2D eigenvalue weighted by Gasteiger charge is -2.32. The molecular formula is C23H36N2O5S. The number of hydrogen-bond acceptors (Lipinski definition) is 6. The Hall–Kier alpha value is -1.83. The van der Waals surface area contributed by atoms with Crippen molar-refractivity contribution in [3.63, 3.8) is 0 Å². The highest BCUT2D eigenvalue weighted by Crippen LogP contribution is 2.50. The maximum Gasteiger partial charge on any atom is 0.409 e. The normalized spacial score (nSPS) is 26.4.